The number of rotatable bonds is 9. The highest BCUT2D eigenvalue weighted by molar-refractivity contribution is 4.87. The van der Waals surface area contributed by atoms with Crippen molar-refractivity contribution in [1.29, 1.82) is 0 Å². The number of nitrogens with one attached hydrogen (secondary N) is 1. The van der Waals surface area contributed by atoms with Crippen LogP contribution in [0.2, 0.25) is 0 Å². The van der Waals surface area contributed by atoms with E-state index in [1.54, 1.807) is 0 Å². The molecule has 0 saturated heterocycles. The molecule has 0 aromatic rings. The topological polar surface area (TPSA) is 15.3 Å². The first-order chi connectivity index (χ1) is 8.36. The second-order valence-corrected chi connectivity index (χ2v) is 7.27. The third kappa shape index (κ3) is 5.71. The Morgan fingerprint density at radius 1 is 1.39 bits per heavy atom. The van der Waals surface area contributed by atoms with Crippen LogP contribution in [0.4, 0.5) is 0 Å². The Bertz CT molecular complexity index is 239. The van der Waals surface area contributed by atoms with Crippen LogP contribution in [-0.2, 0) is 0 Å². The van der Waals surface area contributed by atoms with E-state index in [4.69, 9.17) is 0 Å². The summed E-state index contributed by atoms with van der Waals surface area (Å²) < 4.78 is 0. The van der Waals surface area contributed by atoms with Gasteiger partial charge in [-0.2, -0.15) is 0 Å². The van der Waals surface area contributed by atoms with E-state index in [-0.39, 0.29) is 0 Å². The Morgan fingerprint density at radius 3 is 2.44 bits per heavy atom. The maximum absolute atomic E-state index is 3.63. The average molecular weight is 254 g/mol. The third-order valence-electron chi connectivity index (χ3n) is 4.26. The summed E-state index contributed by atoms with van der Waals surface area (Å²) in [5.41, 5.74) is 0.423. The molecule has 0 aromatic heterocycles. The van der Waals surface area contributed by atoms with Gasteiger partial charge in [0.05, 0.1) is 0 Å². The van der Waals surface area contributed by atoms with Gasteiger partial charge in [-0.3, -0.25) is 0 Å². The second-order valence-electron chi connectivity index (χ2n) is 7.27. The molecule has 3 atom stereocenters. The standard InChI is InChI=1S/C16H34N2/c1-7-8-16(5,11-17-13(2)3)12-18(6)10-15-9-14(15)4/h13-15,17H,7-12H2,1-6H3. The fraction of sp³-hybridized carbons (Fsp3) is 1.00. The molecule has 2 heteroatoms. The smallest absolute Gasteiger partial charge is 0.00445 e. The monoisotopic (exact) mass is 254 g/mol. The van der Waals surface area contributed by atoms with Crippen molar-refractivity contribution in [3.05, 3.63) is 0 Å². The molecule has 0 bridgehead atoms. The van der Waals surface area contributed by atoms with Crippen LogP contribution in [-0.4, -0.2) is 37.6 Å². The summed E-state index contributed by atoms with van der Waals surface area (Å²) in [6.45, 7) is 15.3. The molecule has 1 fully saturated rings. The highest BCUT2D eigenvalue weighted by atomic mass is 15.1. The lowest BCUT2D eigenvalue weighted by Gasteiger charge is -2.35. The van der Waals surface area contributed by atoms with Crippen molar-refractivity contribution in [2.24, 2.45) is 17.3 Å². The van der Waals surface area contributed by atoms with Crippen LogP contribution >= 0.6 is 0 Å². The maximum atomic E-state index is 3.63. The van der Waals surface area contributed by atoms with E-state index in [2.05, 4.69) is 51.9 Å². The van der Waals surface area contributed by atoms with E-state index in [0.717, 1.165) is 18.4 Å². The minimum Gasteiger partial charge on any atom is -0.314 e. The van der Waals surface area contributed by atoms with Gasteiger partial charge >= 0.3 is 0 Å². The van der Waals surface area contributed by atoms with Crippen LogP contribution in [0.25, 0.3) is 0 Å². The Hall–Kier alpha value is -0.0800. The largest absolute Gasteiger partial charge is 0.314 e. The minimum absolute atomic E-state index is 0.423. The molecule has 0 amide bonds. The van der Waals surface area contributed by atoms with Gasteiger partial charge in [-0.15, -0.1) is 0 Å². The zero-order valence-corrected chi connectivity index (χ0v) is 13.4. The van der Waals surface area contributed by atoms with Crippen molar-refractivity contribution in [2.75, 3.05) is 26.7 Å². The first-order valence-corrected chi connectivity index (χ1v) is 7.78. The molecule has 1 aliphatic rings. The molecule has 0 heterocycles. The van der Waals surface area contributed by atoms with Gasteiger partial charge in [-0.05, 0) is 37.1 Å². The SMILES string of the molecule is CCCC(C)(CNC(C)C)CN(C)CC1CC1C. The van der Waals surface area contributed by atoms with Crippen LogP contribution in [0, 0.1) is 17.3 Å². The highest BCUT2D eigenvalue weighted by Crippen LogP contribution is 2.38. The van der Waals surface area contributed by atoms with E-state index in [1.807, 2.05) is 0 Å². The first-order valence-electron chi connectivity index (χ1n) is 7.78. The van der Waals surface area contributed by atoms with Crippen molar-refractivity contribution >= 4 is 0 Å². The second kappa shape index (κ2) is 6.91. The minimum atomic E-state index is 0.423. The molecule has 1 aliphatic carbocycles. The summed E-state index contributed by atoms with van der Waals surface area (Å²) in [4.78, 5) is 2.56. The quantitative estimate of drug-likeness (QED) is 0.678. The molecule has 0 spiro atoms. The fourth-order valence-electron chi connectivity index (χ4n) is 3.05. The van der Waals surface area contributed by atoms with Gasteiger partial charge in [0.15, 0.2) is 0 Å². The molecular formula is C16H34N2. The highest BCUT2D eigenvalue weighted by Gasteiger charge is 2.34. The molecule has 108 valence electrons. The summed E-state index contributed by atoms with van der Waals surface area (Å²) in [5, 5.41) is 3.63. The Kier molecular flexibility index (Phi) is 6.13. The average Bonchev–Trinajstić information content (AvgIpc) is 2.91. The third-order valence-corrected chi connectivity index (χ3v) is 4.26. The van der Waals surface area contributed by atoms with Crippen molar-refractivity contribution in [3.63, 3.8) is 0 Å². The zero-order valence-electron chi connectivity index (χ0n) is 13.4. The summed E-state index contributed by atoms with van der Waals surface area (Å²) in [6, 6.07) is 0.593. The summed E-state index contributed by atoms with van der Waals surface area (Å²) in [7, 11) is 2.30. The molecule has 1 rings (SSSR count). The molecule has 3 unspecified atom stereocenters. The van der Waals surface area contributed by atoms with E-state index < -0.39 is 0 Å². The van der Waals surface area contributed by atoms with Gasteiger partial charge in [-0.25, -0.2) is 0 Å². The van der Waals surface area contributed by atoms with Crippen LogP contribution < -0.4 is 5.32 Å². The predicted molar refractivity (Wildman–Crippen MR) is 80.9 cm³/mol. The van der Waals surface area contributed by atoms with Crippen molar-refractivity contribution in [2.45, 2.75) is 59.9 Å². The van der Waals surface area contributed by atoms with Gasteiger partial charge < -0.3 is 10.2 Å². The number of hydrogen-bond donors (Lipinski definition) is 1. The molecule has 0 aliphatic heterocycles. The van der Waals surface area contributed by atoms with Crippen LogP contribution in [0.1, 0.15) is 53.9 Å². The van der Waals surface area contributed by atoms with Gasteiger partial charge in [-0.1, -0.05) is 41.0 Å². The maximum Gasteiger partial charge on any atom is 0.00445 e. The van der Waals surface area contributed by atoms with Crippen molar-refractivity contribution < 1.29 is 0 Å². The molecule has 0 aromatic carbocycles. The van der Waals surface area contributed by atoms with Crippen molar-refractivity contribution in [1.82, 2.24) is 10.2 Å². The number of hydrogen-bond acceptors (Lipinski definition) is 2. The Balaban J connectivity index is 2.38. The number of nitrogens with zero attached hydrogens (tertiary/aromatic N) is 1. The van der Waals surface area contributed by atoms with Crippen LogP contribution in [0.3, 0.4) is 0 Å². The van der Waals surface area contributed by atoms with Crippen molar-refractivity contribution in [3.8, 4) is 0 Å². The van der Waals surface area contributed by atoms with Crippen LogP contribution in [0.15, 0.2) is 0 Å². The van der Waals surface area contributed by atoms with Gasteiger partial charge in [0.25, 0.3) is 0 Å². The molecule has 18 heavy (non-hydrogen) atoms. The van der Waals surface area contributed by atoms with Gasteiger partial charge in [0.1, 0.15) is 0 Å². The van der Waals surface area contributed by atoms with Gasteiger partial charge in [0, 0.05) is 25.7 Å². The first kappa shape index (κ1) is 16.0. The fourth-order valence-corrected chi connectivity index (χ4v) is 3.05. The molecule has 2 nitrogen and oxygen atoms in total. The van der Waals surface area contributed by atoms with E-state index in [9.17, 15) is 0 Å². The summed E-state index contributed by atoms with van der Waals surface area (Å²) in [5.74, 6) is 1.94. The molecule has 1 N–H and O–H groups in total. The lowest BCUT2D eigenvalue weighted by atomic mass is 9.84. The van der Waals surface area contributed by atoms with E-state index in [1.165, 1.54) is 32.4 Å². The summed E-state index contributed by atoms with van der Waals surface area (Å²) >= 11 is 0. The van der Waals surface area contributed by atoms with E-state index in [0.29, 0.717) is 11.5 Å². The molecular weight excluding hydrogens is 220 g/mol. The predicted octanol–water partition coefficient (Wildman–Crippen LogP) is 3.38. The zero-order chi connectivity index (χ0) is 13.8. The Morgan fingerprint density at radius 2 is 2.00 bits per heavy atom. The Labute approximate surface area is 115 Å². The van der Waals surface area contributed by atoms with Crippen LogP contribution in [0.5, 0.6) is 0 Å². The van der Waals surface area contributed by atoms with E-state index >= 15 is 0 Å². The lowest BCUT2D eigenvalue weighted by Crippen LogP contribution is -2.43. The van der Waals surface area contributed by atoms with Gasteiger partial charge in [0.2, 0.25) is 0 Å². The lowest BCUT2D eigenvalue weighted by molar-refractivity contribution is 0.164. The normalized spacial score (nSPS) is 26.7. The molecule has 0 radical (unpaired) electrons. The summed E-state index contributed by atoms with van der Waals surface area (Å²) in [6.07, 6.45) is 4.04. The molecule has 1 saturated carbocycles.